The second-order valence-electron chi connectivity index (χ2n) is 4.13. The van der Waals surface area contributed by atoms with Gasteiger partial charge in [0.25, 0.3) is 0 Å². The molecule has 0 aliphatic rings. The Kier molecular flexibility index (Phi) is 6.15. The van der Waals surface area contributed by atoms with Gasteiger partial charge >= 0.3 is 12.0 Å². The van der Waals surface area contributed by atoms with Crippen molar-refractivity contribution in [3.8, 4) is 5.75 Å². The zero-order valence-electron chi connectivity index (χ0n) is 10.7. The van der Waals surface area contributed by atoms with Crippen LogP contribution in [0.15, 0.2) is 18.2 Å². The summed E-state index contributed by atoms with van der Waals surface area (Å²) in [7, 11) is 0. The van der Waals surface area contributed by atoms with E-state index in [1.54, 1.807) is 18.2 Å². The molecular formula is C13H17ClN2O3. The number of amides is 2. The van der Waals surface area contributed by atoms with Crippen molar-refractivity contribution in [2.24, 2.45) is 5.73 Å². The van der Waals surface area contributed by atoms with Gasteiger partial charge in [0.05, 0.1) is 0 Å². The number of ether oxygens (including phenoxy) is 1. The highest BCUT2D eigenvalue weighted by Crippen LogP contribution is 2.23. The van der Waals surface area contributed by atoms with Crippen molar-refractivity contribution in [1.29, 1.82) is 0 Å². The predicted octanol–water partition coefficient (Wildman–Crippen LogP) is 2.39. The normalized spacial score (nSPS) is 10.0. The van der Waals surface area contributed by atoms with Gasteiger partial charge in [-0.05, 0) is 37.5 Å². The topological polar surface area (TPSA) is 81.4 Å². The summed E-state index contributed by atoms with van der Waals surface area (Å²) in [5, 5.41) is 2.98. The summed E-state index contributed by atoms with van der Waals surface area (Å²) in [6, 6.07) is 4.59. The number of rotatable bonds is 6. The summed E-state index contributed by atoms with van der Waals surface area (Å²) in [4.78, 5) is 22.0. The first-order chi connectivity index (χ1) is 8.99. The Morgan fingerprint density at radius 1 is 1.37 bits per heavy atom. The lowest BCUT2D eigenvalue weighted by molar-refractivity contribution is -0.134. The maximum atomic E-state index is 11.6. The third-order valence-electron chi connectivity index (χ3n) is 2.48. The number of esters is 1. The maximum absolute atomic E-state index is 11.6. The second kappa shape index (κ2) is 7.63. The van der Waals surface area contributed by atoms with Gasteiger partial charge in [0, 0.05) is 18.0 Å². The molecule has 0 heterocycles. The fourth-order valence-electron chi connectivity index (χ4n) is 1.46. The molecule has 0 aliphatic carbocycles. The van der Waals surface area contributed by atoms with E-state index in [4.69, 9.17) is 22.1 Å². The number of hydrogen-bond donors (Lipinski definition) is 2. The summed E-state index contributed by atoms with van der Waals surface area (Å²) in [5.74, 6) is 0.164. The smallest absolute Gasteiger partial charge is 0.312 e. The van der Waals surface area contributed by atoms with Crippen molar-refractivity contribution >= 4 is 23.6 Å². The summed E-state index contributed by atoms with van der Waals surface area (Å²) >= 11 is 5.83. The molecule has 0 unspecified atom stereocenters. The number of benzene rings is 1. The molecule has 5 nitrogen and oxygen atoms in total. The van der Waals surface area contributed by atoms with Gasteiger partial charge in [-0.2, -0.15) is 0 Å². The predicted molar refractivity (Wildman–Crippen MR) is 73.3 cm³/mol. The Hall–Kier alpha value is -1.75. The lowest BCUT2D eigenvalue weighted by Crippen LogP contribution is -2.30. The van der Waals surface area contributed by atoms with E-state index in [-0.39, 0.29) is 12.4 Å². The Bertz CT molecular complexity index is 463. The highest BCUT2D eigenvalue weighted by molar-refractivity contribution is 6.30. The molecule has 0 saturated heterocycles. The Labute approximate surface area is 117 Å². The van der Waals surface area contributed by atoms with Gasteiger partial charge in [0.1, 0.15) is 5.75 Å². The van der Waals surface area contributed by atoms with E-state index in [1.807, 2.05) is 6.92 Å². The van der Waals surface area contributed by atoms with E-state index < -0.39 is 6.03 Å². The summed E-state index contributed by atoms with van der Waals surface area (Å²) < 4.78 is 5.22. The summed E-state index contributed by atoms with van der Waals surface area (Å²) in [6.07, 6.45) is 1.58. The molecule has 0 radical (unpaired) electrons. The molecule has 2 amide bonds. The average Bonchev–Trinajstić information content (AvgIpc) is 2.33. The van der Waals surface area contributed by atoms with Gasteiger partial charge in [-0.1, -0.05) is 17.7 Å². The number of aryl methyl sites for hydroxylation is 1. The molecule has 3 N–H and O–H groups in total. The number of carbonyl (C=O) groups is 2. The third-order valence-corrected chi connectivity index (χ3v) is 2.72. The maximum Gasteiger partial charge on any atom is 0.312 e. The second-order valence-corrected chi connectivity index (χ2v) is 4.57. The van der Waals surface area contributed by atoms with Crippen LogP contribution in [0.25, 0.3) is 0 Å². The van der Waals surface area contributed by atoms with Crippen molar-refractivity contribution in [1.82, 2.24) is 5.32 Å². The number of halogens is 1. The molecule has 1 aromatic rings. The average molecular weight is 285 g/mol. The van der Waals surface area contributed by atoms with Crippen LogP contribution in [0.1, 0.15) is 24.8 Å². The van der Waals surface area contributed by atoms with Crippen LogP contribution in [-0.4, -0.2) is 18.5 Å². The van der Waals surface area contributed by atoms with Gasteiger partial charge < -0.3 is 15.8 Å². The van der Waals surface area contributed by atoms with E-state index in [9.17, 15) is 9.59 Å². The van der Waals surface area contributed by atoms with Crippen molar-refractivity contribution < 1.29 is 14.3 Å². The van der Waals surface area contributed by atoms with E-state index >= 15 is 0 Å². The van der Waals surface area contributed by atoms with Crippen molar-refractivity contribution in [2.75, 3.05) is 6.54 Å². The van der Waals surface area contributed by atoms with Gasteiger partial charge in [-0.3, -0.25) is 4.79 Å². The largest absolute Gasteiger partial charge is 0.426 e. The van der Waals surface area contributed by atoms with Crippen LogP contribution in [-0.2, 0) is 4.79 Å². The highest BCUT2D eigenvalue weighted by atomic mass is 35.5. The van der Waals surface area contributed by atoms with Crippen LogP contribution in [0.3, 0.4) is 0 Å². The van der Waals surface area contributed by atoms with Crippen LogP contribution in [0, 0.1) is 6.92 Å². The van der Waals surface area contributed by atoms with Crippen LogP contribution in [0.4, 0.5) is 4.79 Å². The van der Waals surface area contributed by atoms with Crippen molar-refractivity contribution in [2.45, 2.75) is 26.2 Å². The van der Waals surface area contributed by atoms with Gasteiger partial charge in [0.15, 0.2) is 0 Å². The molecule has 0 fully saturated rings. The standard InChI is InChI=1S/C13H17ClN2O3/c1-9-5-6-10(14)8-11(9)19-12(17)4-2-3-7-16-13(15)18/h5-6,8H,2-4,7H2,1H3,(H3,15,16,18). The fraction of sp³-hybridized carbons (Fsp3) is 0.385. The Balaban J connectivity index is 2.31. The molecule has 0 aliphatic heterocycles. The summed E-state index contributed by atoms with van der Waals surface area (Å²) in [5.41, 5.74) is 5.77. The molecular weight excluding hydrogens is 268 g/mol. The first-order valence-corrected chi connectivity index (χ1v) is 6.37. The molecule has 0 spiro atoms. The number of urea groups is 1. The number of hydrogen-bond acceptors (Lipinski definition) is 3. The highest BCUT2D eigenvalue weighted by Gasteiger charge is 2.07. The van der Waals surface area contributed by atoms with Crippen LogP contribution >= 0.6 is 11.6 Å². The van der Waals surface area contributed by atoms with Crippen LogP contribution in [0.2, 0.25) is 5.02 Å². The van der Waals surface area contributed by atoms with Crippen molar-refractivity contribution in [3.05, 3.63) is 28.8 Å². The Morgan fingerprint density at radius 2 is 2.11 bits per heavy atom. The number of carbonyl (C=O) groups excluding carboxylic acids is 2. The molecule has 0 aromatic heterocycles. The quantitative estimate of drug-likeness (QED) is 0.478. The minimum Gasteiger partial charge on any atom is -0.426 e. The van der Waals surface area contributed by atoms with Crippen molar-refractivity contribution in [3.63, 3.8) is 0 Å². The fourth-order valence-corrected chi connectivity index (χ4v) is 1.63. The molecule has 0 saturated carbocycles. The monoisotopic (exact) mass is 284 g/mol. The lowest BCUT2D eigenvalue weighted by Gasteiger charge is -2.07. The zero-order valence-corrected chi connectivity index (χ0v) is 11.5. The first kappa shape index (κ1) is 15.3. The molecule has 1 aromatic carbocycles. The molecule has 0 atom stereocenters. The molecule has 6 heteroatoms. The van der Waals surface area contributed by atoms with E-state index in [0.717, 1.165) is 5.56 Å². The molecule has 104 valence electrons. The van der Waals surface area contributed by atoms with Crippen LogP contribution < -0.4 is 15.8 Å². The van der Waals surface area contributed by atoms with Crippen LogP contribution in [0.5, 0.6) is 5.75 Å². The minimum atomic E-state index is -0.558. The van der Waals surface area contributed by atoms with Gasteiger partial charge in [0.2, 0.25) is 0 Å². The number of nitrogens with one attached hydrogen (secondary N) is 1. The summed E-state index contributed by atoms with van der Waals surface area (Å²) in [6.45, 7) is 2.30. The van der Waals surface area contributed by atoms with E-state index in [2.05, 4.69) is 5.32 Å². The number of primary amides is 1. The molecule has 1 rings (SSSR count). The van der Waals surface area contributed by atoms with E-state index in [1.165, 1.54) is 0 Å². The first-order valence-electron chi connectivity index (χ1n) is 5.99. The van der Waals surface area contributed by atoms with E-state index in [0.29, 0.717) is 30.2 Å². The SMILES string of the molecule is Cc1ccc(Cl)cc1OC(=O)CCCCNC(N)=O. The number of nitrogens with two attached hydrogens (primary N) is 1. The lowest BCUT2D eigenvalue weighted by atomic mass is 10.2. The molecule has 0 bridgehead atoms. The minimum absolute atomic E-state index is 0.284. The third kappa shape index (κ3) is 6.10. The van der Waals surface area contributed by atoms with Gasteiger partial charge in [-0.15, -0.1) is 0 Å². The Morgan fingerprint density at radius 3 is 2.79 bits per heavy atom. The molecule has 19 heavy (non-hydrogen) atoms. The number of unbranched alkanes of at least 4 members (excludes halogenated alkanes) is 1. The zero-order chi connectivity index (χ0) is 14.3. The van der Waals surface area contributed by atoms with Gasteiger partial charge in [-0.25, -0.2) is 4.79 Å².